The molecule has 3 aromatic rings. The van der Waals surface area contributed by atoms with E-state index in [-0.39, 0.29) is 19.7 Å². The van der Waals surface area contributed by atoms with Gasteiger partial charge in [0.05, 0.1) is 22.2 Å². The van der Waals surface area contributed by atoms with Crippen molar-refractivity contribution in [1.82, 2.24) is 18.5 Å². The Hall–Kier alpha value is -2.83. The molecule has 1 unspecified atom stereocenters. The Morgan fingerprint density at radius 2 is 1.95 bits per heavy atom. The van der Waals surface area contributed by atoms with Gasteiger partial charge in [-0.1, -0.05) is 47.5 Å². The summed E-state index contributed by atoms with van der Waals surface area (Å²) in [6, 6.07) is 10.9. The van der Waals surface area contributed by atoms with E-state index in [4.69, 9.17) is 28.9 Å². The van der Waals surface area contributed by atoms with Gasteiger partial charge in [-0.3, -0.25) is 4.79 Å². The van der Waals surface area contributed by atoms with Gasteiger partial charge in [-0.2, -0.15) is 12.7 Å². The Morgan fingerprint density at radius 3 is 2.62 bits per heavy atom. The van der Waals surface area contributed by atoms with Crippen LogP contribution in [0.2, 0.25) is 10.0 Å². The fraction of sp³-hybridized carbons (Fsp3) is 0.333. The van der Waals surface area contributed by atoms with E-state index in [1.54, 1.807) is 54.1 Å². The molecule has 0 bridgehead atoms. The molecule has 1 aromatic heterocycles. The van der Waals surface area contributed by atoms with Crippen LogP contribution in [0.3, 0.4) is 0 Å². The number of aliphatic hydroxyl groups is 1. The van der Waals surface area contributed by atoms with Crippen molar-refractivity contribution in [2.45, 2.75) is 25.0 Å². The number of halogens is 2. The van der Waals surface area contributed by atoms with Gasteiger partial charge in [0, 0.05) is 38.1 Å². The minimum atomic E-state index is -4.24. The molecule has 0 saturated carbocycles. The summed E-state index contributed by atoms with van der Waals surface area (Å²) in [5, 5.41) is 14.1. The number of fused-ring (bicyclic) bond motifs is 1. The van der Waals surface area contributed by atoms with Crippen LogP contribution in [0.1, 0.15) is 34.5 Å². The van der Waals surface area contributed by atoms with Crippen LogP contribution in [0.5, 0.6) is 0 Å². The number of amides is 3. The molecule has 2 heterocycles. The average molecular weight is 568 g/mol. The maximum absolute atomic E-state index is 13.7. The molecular formula is C24H27Cl2N5O5S. The molecule has 1 saturated heterocycles. The zero-order valence-corrected chi connectivity index (χ0v) is 22.6. The molecule has 0 radical (unpaired) electrons. The lowest BCUT2D eigenvalue weighted by Gasteiger charge is -2.43. The summed E-state index contributed by atoms with van der Waals surface area (Å²) in [4.78, 5) is 25.4. The van der Waals surface area contributed by atoms with E-state index >= 15 is 0 Å². The first-order chi connectivity index (χ1) is 17.4. The lowest BCUT2D eigenvalue weighted by molar-refractivity contribution is 0.0833. The maximum atomic E-state index is 13.7. The van der Waals surface area contributed by atoms with Gasteiger partial charge in [0.15, 0.2) is 0 Å². The highest BCUT2D eigenvalue weighted by Crippen LogP contribution is 2.36. The predicted molar refractivity (Wildman–Crippen MR) is 142 cm³/mol. The van der Waals surface area contributed by atoms with Crippen molar-refractivity contribution in [2.75, 3.05) is 20.1 Å². The van der Waals surface area contributed by atoms with Gasteiger partial charge in [0.25, 0.3) is 5.91 Å². The van der Waals surface area contributed by atoms with Gasteiger partial charge >= 0.3 is 16.2 Å². The Morgan fingerprint density at radius 1 is 1.22 bits per heavy atom. The number of aryl methyl sites for hydroxylation is 1. The molecule has 3 amide bonds. The van der Waals surface area contributed by atoms with Crippen molar-refractivity contribution < 1.29 is 23.1 Å². The molecule has 2 aromatic carbocycles. The number of rotatable bonds is 6. The summed E-state index contributed by atoms with van der Waals surface area (Å²) < 4.78 is 29.6. The third-order valence-electron chi connectivity index (χ3n) is 6.80. The first kappa shape index (κ1) is 27.2. The zero-order valence-electron chi connectivity index (χ0n) is 20.2. The standard InChI is InChI=1S/C24H27Cl2N5O5S/c1-29-19-8-7-18(25)21(26)17(19)12-20(29)22(33)28-24(16-6-3-5-15(11-16)13-32)9-4-10-31(14-24)37(35,36)30(2)23(27)34/h3,5-8,11-12,32H,4,9-10,13-14H2,1-2H3,(H2,27,34)(H,28,33). The fourth-order valence-corrected chi connectivity index (χ4v) is 6.42. The number of carbonyl (C=O) groups excluding carboxylic acids is 2. The van der Waals surface area contributed by atoms with Crippen LogP contribution in [0.25, 0.3) is 10.9 Å². The largest absolute Gasteiger partial charge is 0.392 e. The lowest BCUT2D eigenvalue weighted by Crippen LogP contribution is -2.60. The minimum absolute atomic E-state index is 0.138. The van der Waals surface area contributed by atoms with Crippen molar-refractivity contribution in [3.63, 3.8) is 0 Å². The van der Waals surface area contributed by atoms with Gasteiger partial charge in [-0.15, -0.1) is 0 Å². The molecule has 1 fully saturated rings. The average Bonchev–Trinajstić information content (AvgIpc) is 3.22. The van der Waals surface area contributed by atoms with E-state index in [0.29, 0.717) is 54.9 Å². The summed E-state index contributed by atoms with van der Waals surface area (Å²) in [5.41, 5.74) is 6.30. The molecular weight excluding hydrogens is 541 g/mol. The van der Waals surface area contributed by atoms with Crippen LogP contribution in [-0.2, 0) is 29.4 Å². The summed E-state index contributed by atoms with van der Waals surface area (Å²) >= 11 is 12.5. The molecule has 1 atom stereocenters. The number of carbonyl (C=O) groups is 2. The normalized spacial score (nSPS) is 18.6. The number of nitrogens with zero attached hydrogens (tertiary/aromatic N) is 3. The number of aromatic nitrogens is 1. The van der Waals surface area contributed by atoms with Crippen molar-refractivity contribution in [3.8, 4) is 0 Å². The van der Waals surface area contributed by atoms with Crippen LogP contribution < -0.4 is 11.1 Å². The third-order valence-corrected chi connectivity index (χ3v) is 9.46. The molecule has 37 heavy (non-hydrogen) atoms. The first-order valence-corrected chi connectivity index (χ1v) is 13.6. The fourth-order valence-electron chi connectivity index (χ4n) is 4.73. The van der Waals surface area contributed by atoms with E-state index in [1.165, 1.54) is 0 Å². The monoisotopic (exact) mass is 567 g/mol. The number of primary amides is 1. The van der Waals surface area contributed by atoms with Gasteiger partial charge in [0.2, 0.25) is 0 Å². The Labute approximate surface area is 224 Å². The molecule has 198 valence electrons. The molecule has 1 aliphatic rings. The lowest BCUT2D eigenvalue weighted by atomic mass is 9.82. The SMILES string of the molecule is CN(C(N)=O)S(=O)(=O)N1CCCC(NC(=O)c2cc3c(Cl)c(Cl)ccc3n2C)(c2cccc(CO)c2)C1. The maximum Gasteiger partial charge on any atom is 0.329 e. The number of nitrogens with one attached hydrogen (secondary N) is 1. The van der Waals surface area contributed by atoms with E-state index in [0.717, 1.165) is 11.4 Å². The van der Waals surface area contributed by atoms with Gasteiger partial charge < -0.3 is 20.7 Å². The number of hydrogen-bond donors (Lipinski definition) is 3. The van der Waals surface area contributed by atoms with Gasteiger partial charge in [-0.25, -0.2) is 9.10 Å². The molecule has 0 aliphatic carbocycles. The summed E-state index contributed by atoms with van der Waals surface area (Å²) in [7, 11) is -1.43. The molecule has 4 rings (SSSR count). The number of nitrogens with two attached hydrogens (primary N) is 1. The van der Waals surface area contributed by atoms with Crippen molar-refractivity contribution in [3.05, 3.63) is 69.3 Å². The second-order valence-corrected chi connectivity index (χ2v) is 11.8. The van der Waals surface area contributed by atoms with Gasteiger partial charge in [0.1, 0.15) is 5.69 Å². The third kappa shape index (κ3) is 4.89. The number of hydrogen-bond acceptors (Lipinski definition) is 5. The van der Waals surface area contributed by atoms with Crippen LogP contribution in [0.4, 0.5) is 4.79 Å². The highest BCUT2D eigenvalue weighted by atomic mass is 35.5. The number of piperidine rings is 1. The Balaban J connectivity index is 1.79. The molecule has 1 aliphatic heterocycles. The van der Waals surface area contributed by atoms with Crippen molar-refractivity contribution in [2.24, 2.45) is 12.8 Å². The van der Waals surface area contributed by atoms with E-state index in [1.807, 2.05) is 0 Å². The summed E-state index contributed by atoms with van der Waals surface area (Å²) in [6.07, 6.45) is 0.808. The van der Waals surface area contributed by atoms with Crippen LogP contribution in [0, 0.1) is 0 Å². The predicted octanol–water partition coefficient (Wildman–Crippen LogP) is 2.95. The highest BCUT2D eigenvalue weighted by molar-refractivity contribution is 7.87. The van der Waals surface area contributed by atoms with E-state index in [9.17, 15) is 23.1 Å². The Bertz CT molecular complexity index is 1490. The van der Waals surface area contributed by atoms with Crippen molar-refractivity contribution in [1.29, 1.82) is 0 Å². The molecule has 0 spiro atoms. The van der Waals surface area contributed by atoms with Gasteiger partial charge in [-0.05, 0) is 42.2 Å². The number of benzene rings is 2. The van der Waals surface area contributed by atoms with Crippen LogP contribution >= 0.6 is 23.2 Å². The zero-order chi connectivity index (χ0) is 27.1. The second-order valence-electron chi connectivity index (χ2n) is 9.03. The molecule has 13 heteroatoms. The van der Waals surface area contributed by atoms with E-state index < -0.39 is 27.7 Å². The molecule has 4 N–H and O–H groups in total. The summed E-state index contributed by atoms with van der Waals surface area (Å²) in [5.74, 6) is -0.456. The number of aliphatic hydroxyl groups excluding tert-OH is 1. The molecule has 10 nitrogen and oxygen atoms in total. The Kier molecular flexibility index (Phi) is 7.46. The smallest absolute Gasteiger partial charge is 0.329 e. The summed E-state index contributed by atoms with van der Waals surface area (Å²) in [6.45, 7) is -0.240. The van der Waals surface area contributed by atoms with E-state index in [2.05, 4.69) is 5.32 Å². The highest BCUT2D eigenvalue weighted by Gasteiger charge is 2.44. The van der Waals surface area contributed by atoms with Crippen LogP contribution in [0.15, 0.2) is 42.5 Å². The van der Waals surface area contributed by atoms with Crippen molar-refractivity contribution >= 4 is 56.3 Å². The minimum Gasteiger partial charge on any atom is -0.392 e. The number of urea groups is 1. The van der Waals surface area contributed by atoms with Crippen LogP contribution in [-0.4, -0.2) is 58.8 Å². The second kappa shape index (κ2) is 10.1. The topological polar surface area (TPSA) is 138 Å². The first-order valence-electron chi connectivity index (χ1n) is 11.4. The quantitative estimate of drug-likeness (QED) is 0.420.